The number of hydrogen-bond acceptors (Lipinski definition) is 7. The van der Waals surface area contributed by atoms with Gasteiger partial charge in [-0.3, -0.25) is 0 Å². The first-order chi connectivity index (χ1) is 49.2. The summed E-state index contributed by atoms with van der Waals surface area (Å²) in [6.45, 7) is -0.281. The lowest BCUT2D eigenvalue weighted by molar-refractivity contribution is 0.662. The summed E-state index contributed by atoms with van der Waals surface area (Å²) in [6, 6.07) is 114. The van der Waals surface area contributed by atoms with Gasteiger partial charge in [-0.05, 0) is 116 Å². The van der Waals surface area contributed by atoms with Crippen LogP contribution in [0, 0.1) is 0 Å². The van der Waals surface area contributed by atoms with E-state index < -0.39 is 0 Å². The summed E-state index contributed by atoms with van der Waals surface area (Å²) in [4.78, 5) is 7.31. The topological polar surface area (TPSA) is 34.5 Å². The quantitative estimate of drug-likeness (QED) is 0.142. The molecule has 0 saturated heterocycles. The van der Waals surface area contributed by atoms with Crippen molar-refractivity contribution < 1.29 is 8.83 Å². The predicted octanol–water partition coefficient (Wildman–Crippen LogP) is 24.9. The van der Waals surface area contributed by atoms with E-state index in [4.69, 9.17) is 8.83 Å². The zero-order valence-corrected chi connectivity index (χ0v) is 56.1. The maximum absolute atomic E-state index is 7.93. The van der Waals surface area contributed by atoms with E-state index in [2.05, 4.69) is 319 Å². The SMILES string of the molecule is c1ccc(-c2ccccc2-c2cccc3c2oc2c4c(c5sc6ccccc6c5c23)B2c3c(cc(N(c5ccccc5)c5cccc6c5c5ccccc5n6-c5ccccc5)cc3Sc3c2c2oc5ccccc5c2c2c3sc3c(-c5ccccc5-c5ccccc5)cccc32)S4)cc1. The molecule has 2 aliphatic heterocycles. The lowest BCUT2D eigenvalue weighted by Gasteiger charge is -2.35. The monoisotopic (exact) mass is 1330 g/mol. The molecule has 0 fully saturated rings. The van der Waals surface area contributed by atoms with Gasteiger partial charge in [0.2, 0.25) is 0 Å². The molecule has 0 N–H and O–H groups in total. The van der Waals surface area contributed by atoms with Gasteiger partial charge in [-0.15, -0.1) is 22.7 Å². The number of aromatic nitrogens is 1. The second-order valence-electron chi connectivity index (χ2n) is 25.9. The molecule has 0 unspecified atom stereocenters. The van der Waals surface area contributed by atoms with E-state index in [0.29, 0.717) is 0 Å². The summed E-state index contributed by atoms with van der Waals surface area (Å²) >= 11 is 7.68. The maximum Gasteiger partial charge on any atom is 0.254 e. The minimum atomic E-state index is -0.281. The van der Waals surface area contributed by atoms with Crippen LogP contribution in [0.25, 0.3) is 156 Å². The van der Waals surface area contributed by atoms with Crippen molar-refractivity contribution >= 4 is 192 Å². The number of furan rings is 2. The lowest BCUT2D eigenvalue weighted by atomic mass is 9.36. The van der Waals surface area contributed by atoms with Crippen molar-refractivity contribution in [3.8, 4) is 50.2 Å². The number of rotatable bonds is 8. The average Bonchev–Trinajstić information content (AvgIpc) is 1.60. The number of anilines is 3. The van der Waals surface area contributed by atoms with Crippen LogP contribution in [0.1, 0.15) is 0 Å². The Balaban J connectivity index is 0.883. The highest BCUT2D eigenvalue weighted by Crippen LogP contribution is 2.57. The summed E-state index contributed by atoms with van der Waals surface area (Å²) in [5, 5.41) is 11.9. The first-order valence-corrected chi connectivity index (χ1v) is 36.8. The van der Waals surface area contributed by atoms with Gasteiger partial charge in [0, 0.05) is 116 Å². The van der Waals surface area contributed by atoms with Crippen LogP contribution in [0.15, 0.2) is 338 Å². The van der Waals surface area contributed by atoms with E-state index in [9.17, 15) is 0 Å². The molecule has 0 saturated carbocycles. The largest absolute Gasteiger partial charge is 0.457 e. The fourth-order valence-corrected chi connectivity index (χ4v) is 22.2. The second kappa shape index (κ2) is 21.6. The van der Waals surface area contributed by atoms with E-state index >= 15 is 0 Å². The maximum atomic E-state index is 7.93. The van der Waals surface area contributed by atoms with Gasteiger partial charge in [0.1, 0.15) is 22.3 Å². The summed E-state index contributed by atoms with van der Waals surface area (Å²) in [7, 11) is 0. The van der Waals surface area contributed by atoms with E-state index in [1.54, 1.807) is 0 Å². The van der Waals surface area contributed by atoms with Crippen molar-refractivity contribution in [1.82, 2.24) is 4.57 Å². The van der Waals surface area contributed by atoms with Crippen LogP contribution in [-0.4, -0.2) is 11.3 Å². The van der Waals surface area contributed by atoms with Crippen molar-refractivity contribution in [2.75, 3.05) is 4.90 Å². The summed E-state index contributed by atoms with van der Waals surface area (Å²) < 4.78 is 23.1. The van der Waals surface area contributed by atoms with Crippen LogP contribution < -0.4 is 21.3 Å². The molecule has 460 valence electrons. The molecule has 0 spiro atoms. The molecule has 15 aromatic carbocycles. The zero-order chi connectivity index (χ0) is 64.6. The van der Waals surface area contributed by atoms with Gasteiger partial charge in [0.25, 0.3) is 6.71 Å². The van der Waals surface area contributed by atoms with Gasteiger partial charge in [-0.2, -0.15) is 0 Å². The molecule has 0 atom stereocenters. The molecule has 0 amide bonds. The molecule has 7 heterocycles. The van der Waals surface area contributed by atoms with Crippen molar-refractivity contribution in [1.29, 1.82) is 0 Å². The van der Waals surface area contributed by atoms with E-state index in [0.717, 1.165) is 99.4 Å². The molecule has 20 aromatic rings. The molecule has 9 heteroatoms. The Labute approximate surface area is 585 Å². The number of nitrogens with zero attached hydrogens (tertiary/aromatic N) is 2. The molecule has 0 bridgehead atoms. The standard InChI is InChI=1S/C90H51BN2O2S4/c1-5-26-52(27-6-1)57-34-13-15-36-59(57)61-41-23-43-66-77-78-65-40-19-22-49-72(65)96-87(78)82-89(85(77)95-83(61)66)97-73-50-56(92(54-30-9-3-10-31-54)69-46-25-47-70-75(69)63-38-17-20-45-68(63)93(70)55-32-11-4-12-33-55)51-74-80(73)91(82)81-84-76(64-39-18-21-48-71(64)94-84)79-67-44-24-42-62(86(67)99-88(79)90(81)98-74)60-37-16-14-35-58(60)53-28-7-2-8-29-53/h1-51H. The normalized spacial score (nSPS) is 12.7. The predicted molar refractivity (Wildman–Crippen MR) is 423 cm³/mol. The van der Waals surface area contributed by atoms with Crippen LogP contribution in [0.4, 0.5) is 17.1 Å². The Morgan fingerprint density at radius 2 is 0.859 bits per heavy atom. The van der Waals surface area contributed by atoms with Gasteiger partial charge in [-0.1, -0.05) is 266 Å². The highest BCUT2D eigenvalue weighted by molar-refractivity contribution is 8.01. The Bertz CT molecular complexity index is 6500. The van der Waals surface area contributed by atoms with Gasteiger partial charge >= 0.3 is 0 Å². The van der Waals surface area contributed by atoms with Crippen LogP contribution in [-0.2, 0) is 0 Å². The average molecular weight is 1330 g/mol. The third-order valence-corrected chi connectivity index (χ3v) is 25.6. The second-order valence-corrected chi connectivity index (χ2v) is 30.1. The van der Waals surface area contributed by atoms with E-state index in [1.807, 2.05) is 46.2 Å². The molecule has 22 rings (SSSR count). The third kappa shape index (κ3) is 8.07. The Morgan fingerprint density at radius 1 is 0.313 bits per heavy atom. The van der Waals surface area contributed by atoms with Crippen molar-refractivity contribution in [3.05, 3.63) is 309 Å². The fourth-order valence-electron chi connectivity index (χ4n) is 16.7. The molecular formula is C90H51BN2O2S4. The Morgan fingerprint density at radius 3 is 1.61 bits per heavy atom. The smallest absolute Gasteiger partial charge is 0.254 e. The highest BCUT2D eigenvalue weighted by atomic mass is 32.2. The van der Waals surface area contributed by atoms with Gasteiger partial charge < -0.3 is 18.3 Å². The highest BCUT2D eigenvalue weighted by Gasteiger charge is 2.46. The Kier molecular flexibility index (Phi) is 12.2. The van der Waals surface area contributed by atoms with Crippen LogP contribution >= 0.6 is 46.2 Å². The van der Waals surface area contributed by atoms with Gasteiger partial charge in [0.15, 0.2) is 0 Å². The van der Waals surface area contributed by atoms with Crippen LogP contribution in [0.3, 0.4) is 0 Å². The van der Waals surface area contributed by atoms with Crippen molar-refractivity contribution in [3.63, 3.8) is 0 Å². The van der Waals surface area contributed by atoms with Crippen LogP contribution in [0.5, 0.6) is 0 Å². The summed E-state index contributed by atoms with van der Waals surface area (Å²) in [5.74, 6) is 0. The van der Waals surface area contributed by atoms with Crippen LogP contribution in [0.2, 0.25) is 0 Å². The van der Waals surface area contributed by atoms with E-state index in [-0.39, 0.29) is 6.71 Å². The lowest BCUT2D eigenvalue weighted by Crippen LogP contribution is -2.58. The molecule has 4 nitrogen and oxygen atoms in total. The minimum absolute atomic E-state index is 0.281. The van der Waals surface area contributed by atoms with Gasteiger partial charge in [-0.25, -0.2) is 0 Å². The van der Waals surface area contributed by atoms with E-state index in [1.165, 1.54) is 110 Å². The number of thiophene rings is 2. The first-order valence-electron chi connectivity index (χ1n) is 33.6. The summed E-state index contributed by atoms with van der Waals surface area (Å²) in [5.41, 5.74) is 23.4. The molecule has 0 radical (unpaired) electrons. The third-order valence-electron chi connectivity index (χ3n) is 20.7. The molecule has 2 aliphatic rings. The first kappa shape index (κ1) is 55.8. The number of hydrogen-bond donors (Lipinski definition) is 0. The van der Waals surface area contributed by atoms with Gasteiger partial charge in [0.05, 0.1) is 21.6 Å². The minimum Gasteiger partial charge on any atom is -0.457 e. The number of para-hydroxylation sites is 5. The number of benzene rings is 15. The van der Waals surface area contributed by atoms with Crippen molar-refractivity contribution in [2.45, 2.75) is 19.6 Å². The number of fused-ring (bicyclic) bond motifs is 25. The van der Waals surface area contributed by atoms with Crippen molar-refractivity contribution in [2.24, 2.45) is 0 Å². The summed E-state index contributed by atoms with van der Waals surface area (Å²) in [6.07, 6.45) is 0. The zero-order valence-electron chi connectivity index (χ0n) is 52.9. The fraction of sp³-hybridized carbons (Fsp3) is 0. The molecule has 99 heavy (non-hydrogen) atoms. The molecule has 0 aliphatic carbocycles. The molecule has 5 aromatic heterocycles. The Hall–Kier alpha value is -11.3. The molecular weight excluding hydrogens is 1280 g/mol.